The molecule has 2 rings (SSSR count). The first kappa shape index (κ1) is 15.0. The molecule has 0 heterocycles. The van der Waals surface area contributed by atoms with Gasteiger partial charge in [-0.15, -0.1) is 0 Å². The van der Waals surface area contributed by atoms with Crippen molar-refractivity contribution in [3.63, 3.8) is 0 Å². The van der Waals surface area contributed by atoms with Crippen molar-refractivity contribution in [2.75, 3.05) is 6.61 Å². The number of carbonyl (C=O) groups excluding carboxylic acids is 1. The highest BCUT2D eigenvalue weighted by atomic mass is 32.2. The minimum Gasteiger partial charge on any atom is -0.462 e. The van der Waals surface area contributed by atoms with E-state index in [1.807, 2.05) is 0 Å². The predicted molar refractivity (Wildman–Crippen MR) is 74.8 cm³/mol. The van der Waals surface area contributed by atoms with Crippen molar-refractivity contribution >= 4 is 16.0 Å². The highest BCUT2D eigenvalue weighted by molar-refractivity contribution is 7.89. The van der Waals surface area contributed by atoms with Crippen molar-refractivity contribution in [3.05, 3.63) is 29.3 Å². The minimum atomic E-state index is -3.81. The fourth-order valence-electron chi connectivity index (χ4n) is 2.45. The van der Waals surface area contributed by atoms with Crippen molar-refractivity contribution in [3.8, 4) is 0 Å². The number of hydrogen-bond donors (Lipinski definition) is 1. The second-order valence-corrected chi connectivity index (χ2v) is 6.83. The van der Waals surface area contributed by atoms with Crippen LogP contribution in [0.2, 0.25) is 0 Å². The van der Waals surface area contributed by atoms with Gasteiger partial charge in [0.15, 0.2) is 0 Å². The molecule has 0 aromatic heterocycles. The zero-order chi connectivity index (χ0) is 14.8. The zero-order valence-electron chi connectivity index (χ0n) is 11.5. The summed E-state index contributed by atoms with van der Waals surface area (Å²) in [5.74, 6) is -0.0550. The second kappa shape index (κ2) is 5.93. The molecule has 0 atom stereocenters. The summed E-state index contributed by atoms with van der Waals surface area (Å²) in [6, 6.07) is 4.23. The molecule has 1 aliphatic rings. The van der Waals surface area contributed by atoms with E-state index in [9.17, 15) is 13.2 Å². The zero-order valence-corrected chi connectivity index (χ0v) is 12.3. The van der Waals surface area contributed by atoms with Crippen LogP contribution in [-0.4, -0.2) is 21.0 Å². The summed E-state index contributed by atoms with van der Waals surface area (Å²) in [5, 5.41) is 5.07. The van der Waals surface area contributed by atoms with Gasteiger partial charge in [0.1, 0.15) is 0 Å². The molecule has 2 N–H and O–H groups in total. The summed E-state index contributed by atoms with van der Waals surface area (Å²) >= 11 is 0. The van der Waals surface area contributed by atoms with Crippen LogP contribution in [0.1, 0.15) is 41.6 Å². The normalized spacial score (nSPS) is 16.3. The Balaban J connectivity index is 2.12. The molecule has 0 bridgehead atoms. The lowest BCUT2D eigenvalue weighted by Gasteiger charge is -2.12. The van der Waals surface area contributed by atoms with E-state index < -0.39 is 16.0 Å². The topological polar surface area (TPSA) is 86.5 Å². The average Bonchev–Trinajstić information content (AvgIpc) is 2.88. The Hall–Kier alpha value is -1.40. The number of benzene rings is 1. The largest absolute Gasteiger partial charge is 0.462 e. The maximum absolute atomic E-state index is 12.0. The lowest BCUT2D eigenvalue weighted by atomic mass is 10.1. The number of aryl methyl sites for hydroxylation is 1. The molecule has 1 aromatic rings. The van der Waals surface area contributed by atoms with E-state index in [2.05, 4.69) is 0 Å². The maximum Gasteiger partial charge on any atom is 0.338 e. The first-order valence-corrected chi connectivity index (χ1v) is 8.23. The summed E-state index contributed by atoms with van der Waals surface area (Å²) in [5.41, 5.74) is 0.934. The number of esters is 1. The highest BCUT2D eigenvalue weighted by Crippen LogP contribution is 2.25. The van der Waals surface area contributed by atoms with Crippen molar-refractivity contribution in [2.24, 2.45) is 11.1 Å². The van der Waals surface area contributed by atoms with Crippen LogP contribution in [0.25, 0.3) is 0 Å². The van der Waals surface area contributed by atoms with Gasteiger partial charge in [-0.25, -0.2) is 18.4 Å². The minimum absolute atomic E-state index is 0.0732. The molecule has 0 spiro atoms. The Labute approximate surface area is 119 Å². The quantitative estimate of drug-likeness (QED) is 0.861. The van der Waals surface area contributed by atoms with Crippen LogP contribution in [0.4, 0.5) is 0 Å². The fraction of sp³-hybridized carbons (Fsp3) is 0.500. The number of primary sulfonamides is 1. The number of rotatable bonds is 4. The lowest BCUT2D eigenvalue weighted by Crippen LogP contribution is -2.16. The number of ether oxygens (including phenoxy) is 1. The van der Waals surface area contributed by atoms with Gasteiger partial charge in [0, 0.05) is 0 Å². The monoisotopic (exact) mass is 297 g/mol. The highest BCUT2D eigenvalue weighted by Gasteiger charge is 2.19. The van der Waals surface area contributed by atoms with Crippen LogP contribution in [0.15, 0.2) is 23.1 Å². The van der Waals surface area contributed by atoms with Gasteiger partial charge in [0.05, 0.1) is 17.1 Å². The molecule has 0 unspecified atom stereocenters. The molecule has 0 radical (unpaired) electrons. The first-order valence-electron chi connectivity index (χ1n) is 6.68. The van der Waals surface area contributed by atoms with Gasteiger partial charge in [-0.3, -0.25) is 0 Å². The van der Waals surface area contributed by atoms with E-state index in [-0.39, 0.29) is 10.5 Å². The number of sulfonamides is 1. The molecule has 0 saturated heterocycles. The molecule has 1 fully saturated rings. The molecule has 1 saturated carbocycles. The predicted octanol–water partition coefficient (Wildman–Crippen LogP) is 1.99. The standard InChI is InChI=1S/C14H19NO4S/c1-10-6-7-12(20(15,17)18)8-13(10)14(16)19-9-11-4-2-3-5-11/h6-8,11H,2-5,9H2,1H3,(H2,15,17,18). The van der Waals surface area contributed by atoms with Crippen molar-refractivity contribution in [2.45, 2.75) is 37.5 Å². The smallest absolute Gasteiger partial charge is 0.338 e. The van der Waals surface area contributed by atoms with Gasteiger partial charge in [0.2, 0.25) is 10.0 Å². The van der Waals surface area contributed by atoms with Crippen LogP contribution in [-0.2, 0) is 14.8 Å². The van der Waals surface area contributed by atoms with Crippen LogP contribution >= 0.6 is 0 Å². The van der Waals surface area contributed by atoms with E-state index in [1.54, 1.807) is 13.0 Å². The fourth-order valence-corrected chi connectivity index (χ4v) is 2.99. The number of hydrogen-bond acceptors (Lipinski definition) is 4. The summed E-state index contributed by atoms with van der Waals surface area (Å²) < 4.78 is 27.9. The molecule has 0 amide bonds. The summed E-state index contributed by atoms with van der Waals surface area (Å²) in [6.07, 6.45) is 4.54. The third-order valence-electron chi connectivity index (χ3n) is 3.68. The first-order chi connectivity index (χ1) is 9.38. The van der Waals surface area contributed by atoms with Crippen LogP contribution < -0.4 is 5.14 Å². The SMILES string of the molecule is Cc1ccc(S(N)(=O)=O)cc1C(=O)OCC1CCCC1. The number of nitrogens with two attached hydrogens (primary N) is 1. The van der Waals surface area contributed by atoms with Crippen LogP contribution in [0, 0.1) is 12.8 Å². The van der Waals surface area contributed by atoms with E-state index in [1.165, 1.54) is 25.0 Å². The van der Waals surface area contributed by atoms with E-state index in [4.69, 9.17) is 9.88 Å². The summed E-state index contributed by atoms with van der Waals surface area (Å²) in [6.45, 7) is 2.14. The molecule has 110 valence electrons. The van der Waals surface area contributed by atoms with Gasteiger partial charge in [-0.1, -0.05) is 18.9 Å². The Morgan fingerprint density at radius 1 is 1.35 bits per heavy atom. The Kier molecular flexibility index (Phi) is 4.45. The third kappa shape index (κ3) is 3.58. The molecule has 6 heteroatoms. The van der Waals surface area contributed by atoms with Gasteiger partial charge in [0.25, 0.3) is 0 Å². The number of carbonyl (C=O) groups is 1. The van der Waals surface area contributed by atoms with Crippen molar-refractivity contribution in [1.82, 2.24) is 0 Å². The molecule has 1 aliphatic carbocycles. The van der Waals surface area contributed by atoms with Crippen molar-refractivity contribution < 1.29 is 17.9 Å². The Morgan fingerprint density at radius 3 is 2.60 bits per heavy atom. The molecule has 5 nitrogen and oxygen atoms in total. The molecule has 1 aromatic carbocycles. The summed E-state index contributed by atoms with van der Waals surface area (Å²) in [4.78, 5) is 12.0. The maximum atomic E-state index is 12.0. The third-order valence-corrected chi connectivity index (χ3v) is 4.59. The van der Waals surface area contributed by atoms with E-state index >= 15 is 0 Å². The van der Waals surface area contributed by atoms with Crippen molar-refractivity contribution in [1.29, 1.82) is 0 Å². The molecular formula is C14H19NO4S. The van der Waals surface area contributed by atoms with Crippen LogP contribution in [0.3, 0.4) is 0 Å². The molecular weight excluding hydrogens is 278 g/mol. The van der Waals surface area contributed by atoms with E-state index in [0.29, 0.717) is 18.1 Å². The lowest BCUT2D eigenvalue weighted by molar-refractivity contribution is 0.0441. The van der Waals surface area contributed by atoms with Gasteiger partial charge in [-0.2, -0.15) is 0 Å². The van der Waals surface area contributed by atoms with Crippen LogP contribution in [0.5, 0.6) is 0 Å². The van der Waals surface area contributed by atoms with Gasteiger partial charge in [-0.05, 0) is 43.4 Å². The Morgan fingerprint density at radius 2 is 2.00 bits per heavy atom. The average molecular weight is 297 g/mol. The molecule has 20 heavy (non-hydrogen) atoms. The van der Waals surface area contributed by atoms with Gasteiger partial charge >= 0.3 is 5.97 Å². The molecule has 0 aliphatic heterocycles. The second-order valence-electron chi connectivity index (χ2n) is 5.27. The van der Waals surface area contributed by atoms with Gasteiger partial charge < -0.3 is 4.74 Å². The van der Waals surface area contributed by atoms with E-state index in [0.717, 1.165) is 12.8 Å². The Bertz CT molecular complexity index is 604. The summed E-state index contributed by atoms with van der Waals surface area (Å²) in [7, 11) is -3.81.